The lowest BCUT2D eigenvalue weighted by atomic mass is 10.3. The highest BCUT2D eigenvalue weighted by Gasteiger charge is 2.07. The Morgan fingerprint density at radius 2 is 2.21 bits per heavy atom. The smallest absolute Gasteiger partial charge is 0.345 e. The molecule has 0 unspecified atom stereocenters. The predicted octanol–water partition coefficient (Wildman–Crippen LogP) is 3.64. The number of carbonyl (C=O) groups is 1. The normalized spacial score (nSPS) is 10.7. The molecule has 0 atom stereocenters. The molecule has 0 amide bonds. The second kappa shape index (κ2) is 4.99. The van der Waals surface area contributed by atoms with Gasteiger partial charge in [0.05, 0.1) is 15.7 Å². The van der Waals surface area contributed by atoms with Crippen molar-refractivity contribution in [2.75, 3.05) is 0 Å². The van der Waals surface area contributed by atoms with E-state index in [1.54, 1.807) is 29.0 Å². The maximum Gasteiger partial charge on any atom is 0.345 e. The van der Waals surface area contributed by atoms with Crippen molar-refractivity contribution in [2.24, 2.45) is 0 Å². The Labute approximate surface area is 116 Å². The largest absolute Gasteiger partial charge is 0.488 e. The lowest BCUT2D eigenvalue weighted by Gasteiger charge is -2.03. The van der Waals surface area contributed by atoms with Crippen LogP contribution in [0.3, 0.4) is 0 Å². The fraction of sp³-hybridized carbons (Fsp3) is 0.0769. The average molecular weight is 291 g/mol. The first-order valence-electron chi connectivity index (χ1n) is 5.50. The van der Waals surface area contributed by atoms with Gasteiger partial charge in [-0.05, 0) is 30.3 Å². The molecular formula is C13H9NO3S2. The van der Waals surface area contributed by atoms with Gasteiger partial charge in [-0.1, -0.05) is 0 Å². The van der Waals surface area contributed by atoms with Crippen LogP contribution < -0.4 is 4.74 Å². The van der Waals surface area contributed by atoms with Gasteiger partial charge in [0, 0.05) is 4.88 Å². The predicted molar refractivity (Wildman–Crippen MR) is 75.2 cm³/mol. The topological polar surface area (TPSA) is 59.4 Å². The molecule has 4 nitrogen and oxygen atoms in total. The second-order valence-corrected chi connectivity index (χ2v) is 5.90. The molecule has 0 fully saturated rings. The molecule has 96 valence electrons. The fourth-order valence-electron chi connectivity index (χ4n) is 1.65. The third-order valence-electron chi connectivity index (χ3n) is 2.56. The zero-order valence-electron chi connectivity index (χ0n) is 9.70. The van der Waals surface area contributed by atoms with Gasteiger partial charge in [0.2, 0.25) is 0 Å². The van der Waals surface area contributed by atoms with E-state index in [1.807, 2.05) is 18.2 Å². The van der Waals surface area contributed by atoms with Crippen molar-refractivity contribution in [1.82, 2.24) is 4.98 Å². The van der Waals surface area contributed by atoms with Gasteiger partial charge in [0.15, 0.2) is 0 Å². The number of hydrogen-bond donors (Lipinski definition) is 1. The zero-order chi connectivity index (χ0) is 13.2. The van der Waals surface area contributed by atoms with Gasteiger partial charge in [0.1, 0.15) is 17.2 Å². The number of hydrogen-bond acceptors (Lipinski definition) is 5. The molecule has 0 radical (unpaired) electrons. The second-order valence-electron chi connectivity index (χ2n) is 3.84. The highest BCUT2D eigenvalue weighted by Crippen LogP contribution is 2.25. The lowest BCUT2D eigenvalue weighted by molar-refractivity contribution is 0.0702. The number of rotatable bonds is 4. The number of carboxylic acid groups (broad SMARTS) is 1. The van der Waals surface area contributed by atoms with Crippen molar-refractivity contribution in [3.8, 4) is 5.75 Å². The summed E-state index contributed by atoms with van der Waals surface area (Å²) in [4.78, 5) is 16.2. The van der Waals surface area contributed by atoms with Gasteiger partial charge in [0.25, 0.3) is 0 Å². The van der Waals surface area contributed by atoms with Crippen LogP contribution in [0.5, 0.6) is 5.75 Å². The summed E-state index contributed by atoms with van der Waals surface area (Å²) in [5.41, 5.74) is 2.76. The SMILES string of the molecule is O=C(O)c1ccc(COc2ccc3ncsc3c2)s1. The highest BCUT2D eigenvalue weighted by atomic mass is 32.1. The minimum Gasteiger partial charge on any atom is -0.488 e. The number of benzene rings is 1. The molecule has 0 aliphatic carbocycles. The van der Waals surface area contributed by atoms with Crippen LogP contribution in [0.4, 0.5) is 0 Å². The van der Waals surface area contributed by atoms with Crippen molar-refractivity contribution in [3.63, 3.8) is 0 Å². The molecule has 0 bridgehead atoms. The van der Waals surface area contributed by atoms with Crippen molar-refractivity contribution in [1.29, 1.82) is 0 Å². The highest BCUT2D eigenvalue weighted by molar-refractivity contribution is 7.16. The number of nitrogens with zero attached hydrogens (tertiary/aromatic N) is 1. The number of thiophene rings is 1. The van der Waals surface area contributed by atoms with Crippen molar-refractivity contribution in [3.05, 3.63) is 45.6 Å². The zero-order valence-corrected chi connectivity index (χ0v) is 11.3. The molecule has 3 rings (SSSR count). The fourth-order valence-corrected chi connectivity index (χ4v) is 3.12. The van der Waals surface area contributed by atoms with Crippen LogP contribution in [0.1, 0.15) is 14.5 Å². The quantitative estimate of drug-likeness (QED) is 0.797. The van der Waals surface area contributed by atoms with E-state index in [-0.39, 0.29) is 0 Å². The summed E-state index contributed by atoms with van der Waals surface area (Å²) in [5, 5.41) is 8.84. The Kier molecular flexibility index (Phi) is 3.18. The monoisotopic (exact) mass is 291 g/mol. The molecule has 3 aromatic rings. The summed E-state index contributed by atoms with van der Waals surface area (Å²) in [5.74, 6) is -0.135. The Morgan fingerprint density at radius 3 is 3.00 bits per heavy atom. The number of fused-ring (bicyclic) bond motifs is 1. The molecule has 0 aliphatic rings. The Bertz CT molecular complexity index is 732. The molecule has 6 heteroatoms. The van der Waals surface area contributed by atoms with Gasteiger partial charge in [-0.15, -0.1) is 22.7 Å². The van der Waals surface area contributed by atoms with Gasteiger partial charge in [-0.2, -0.15) is 0 Å². The molecule has 0 saturated heterocycles. The van der Waals surface area contributed by atoms with E-state index in [0.717, 1.165) is 20.8 Å². The van der Waals surface area contributed by atoms with Crippen LogP contribution >= 0.6 is 22.7 Å². The van der Waals surface area contributed by atoms with Crippen LogP contribution in [-0.4, -0.2) is 16.1 Å². The van der Waals surface area contributed by atoms with Gasteiger partial charge in [-0.25, -0.2) is 9.78 Å². The third kappa shape index (κ3) is 2.59. The summed E-state index contributed by atoms with van der Waals surface area (Å²) >= 11 is 2.80. The van der Waals surface area contributed by atoms with E-state index >= 15 is 0 Å². The maximum absolute atomic E-state index is 10.8. The van der Waals surface area contributed by atoms with E-state index in [1.165, 1.54) is 11.3 Å². The molecule has 2 heterocycles. The molecule has 0 spiro atoms. The minimum atomic E-state index is -0.901. The summed E-state index contributed by atoms with van der Waals surface area (Å²) < 4.78 is 6.74. The first kappa shape index (κ1) is 12.1. The lowest BCUT2D eigenvalue weighted by Crippen LogP contribution is -1.92. The van der Waals surface area contributed by atoms with Crippen molar-refractivity contribution in [2.45, 2.75) is 6.61 Å². The first-order chi connectivity index (χ1) is 9.22. The Balaban J connectivity index is 1.72. The molecule has 0 aliphatic heterocycles. The summed E-state index contributed by atoms with van der Waals surface area (Å²) in [6, 6.07) is 9.10. The summed E-state index contributed by atoms with van der Waals surface area (Å²) in [7, 11) is 0. The standard InChI is InChI=1S/C13H9NO3S2/c15-13(16)11-4-2-9(19-11)6-17-8-1-3-10-12(5-8)18-7-14-10/h1-5,7H,6H2,(H,15,16). The average Bonchev–Trinajstić information content (AvgIpc) is 3.04. The Hall–Kier alpha value is -1.92. The molecule has 0 saturated carbocycles. The molecular weight excluding hydrogens is 282 g/mol. The van der Waals surface area contributed by atoms with Crippen LogP contribution in [0.2, 0.25) is 0 Å². The Morgan fingerprint density at radius 1 is 1.32 bits per heavy atom. The first-order valence-corrected chi connectivity index (χ1v) is 7.20. The van der Waals surface area contributed by atoms with E-state index in [2.05, 4.69) is 4.98 Å². The maximum atomic E-state index is 10.8. The number of ether oxygens (including phenoxy) is 1. The van der Waals surface area contributed by atoms with Crippen LogP contribution in [0.25, 0.3) is 10.2 Å². The molecule has 2 aromatic heterocycles. The van der Waals surface area contributed by atoms with Gasteiger partial charge >= 0.3 is 5.97 Å². The van der Waals surface area contributed by atoms with E-state index in [9.17, 15) is 4.79 Å². The van der Waals surface area contributed by atoms with Crippen molar-refractivity contribution >= 4 is 38.9 Å². The molecule has 1 N–H and O–H groups in total. The number of thiazole rings is 1. The third-order valence-corrected chi connectivity index (χ3v) is 4.39. The minimum absolute atomic E-state index is 0.330. The van der Waals surface area contributed by atoms with E-state index in [4.69, 9.17) is 9.84 Å². The molecule has 19 heavy (non-hydrogen) atoms. The molecule has 1 aromatic carbocycles. The summed E-state index contributed by atoms with van der Waals surface area (Å²) in [6.07, 6.45) is 0. The van der Waals surface area contributed by atoms with Crippen molar-refractivity contribution < 1.29 is 14.6 Å². The van der Waals surface area contributed by atoms with E-state index < -0.39 is 5.97 Å². The number of aromatic nitrogens is 1. The van der Waals surface area contributed by atoms with Gasteiger partial charge in [-0.3, -0.25) is 0 Å². The van der Waals surface area contributed by atoms with Crippen LogP contribution in [-0.2, 0) is 6.61 Å². The van der Waals surface area contributed by atoms with Crippen LogP contribution in [0, 0.1) is 0 Å². The van der Waals surface area contributed by atoms with Crippen LogP contribution in [0.15, 0.2) is 35.8 Å². The van der Waals surface area contributed by atoms with E-state index in [0.29, 0.717) is 11.5 Å². The number of carboxylic acids is 1. The summed E-state index contributed by atoms with van der Waals surface area (Å²) in [6.45, 7) is 0.377. The number of aromatic carboxylic acids is 1. The van der Waals surface area contributed by atoms with Gasteiger partial charge < -0.3 is 9.84 Å².